The van der Waals surface area contributed by atoms with Crippen molar-refractivity contribution in [3.05, 3.63) is 57.9 Å². The van der Waals surface area contributed by atoms with E-state index in [2.05, 4.69) is 46.8 Å². The lowest BCUT2D eigenvalue weighted by Gasteiger charge is -2.24. The summed E-state index contributed by atoms with van der Waals surface area (Å²) < 4.78 is 7.99. The Morgan fingerprint density at radius 1 is 1.25 bits per heavy atom. The van der Waals surface area contributed by atoms with Gasteiger partial charge in [0.15, 0.2) is 0 Å². The third-order valence-corrected chi connectivity index (χ3v) is 5.19. The van der Waals surface area contributed by atoms with Gasteiger partial charge in [-0.3, -0.25) is 0 Å². The van der Waals surface area contributed by atoms with E-state index < -0.39 is 0 Å². The lowest BCUT2D eigenvalue weighted by atomic mass is 10.1. The minimum absolute atomic E-state index is 0.129. The highest BCUT2D eigenvalue weighted by molar-refractivity contribution is 7.11. The Kier molecular flexibility index (Phi) is 4.42. The Morgan fingerprint density at radius 3 is 2.92 bits per heavy atom. The van der Waals surface area contributed by atoms with Crippen LogP contribution >= 0.6 is 11.3 Å². The summed E-state index contributed by atoms with van der Waals surface area (Å²) in [4.78, 5) is 2.71. The van der Waals surface area contributed by atoms with E-state index in [-0.39, 0.29) is 6.10 Å². The van der Waals surface area contributed by atoms with Crippen molar-refractivity contribution in [2.45, 2.75) is 32.7 Å². The Balaban J connectivity index is 1.37. The van der Waals surface area contributed by atoms with Crippen LogP contribution in [0.15, 0.2) is 42.5 Å². The molecule has 3 heterocycles. The number of aryl methyl sites for hydroxylation is 1. The van der Waals surface area contributed by atoms with E-state index in [0.717, 1.165) is 36.6 Å². The second kappa shape index (κ2) is 6.84. The van der Waals surface area contributed by atoms with E-state index >= 15 is 0 Å². The van der Waals surface area contributed by atoms with Gasteiger partial charge in [-0.25, -0.2) is 4.68 Å². The molecule has 1 aliphatic heterocycles. The summed E-state index contributed by atoms with van der Waals surface area (Å²) >= 11 is 1.83. The van der Waals surface area contributed by atoms with Crippen LogP contribution < -0.4 is 5.32 Å². The highest BCUT2D eigenvalue weighted by Gasteiger charge is 2.24. The molecule has 4 rings (SSSR count). The monoisotopic (exact) mass is 340 g/mol. The number of ether oxygens (including phenoxy) is 1. The first-order valence-electron chi connectivity index (χ1n) is 8.15. The third kappa shape index (κ3) is 3.26. The molecule has 6 heteroatoms. The summed E-state index contributed by atoms with van der Waals surface area (Å²) in [6.45, 7) is 5.14. The molecular weight excluding hydrogens is 320 g/mol. The molecule has 0 amide bonds. The molecule has 24 heavy (non-hydrogen) atoms. The van der Waals surface area contributed by atoms with E-state index in [1.165, 1.54) is 9.75 Å². The van der Waals surface area contributed by atoms with Crippen LogP contribution in [-0.4, -0.2) is 27.6 Å². The SMILES string of the molecule is Cc1ccc(CNCC2Cn3nnc(-c4ccccc4)c3CO2)s1. The number of rotatable bonds is 5. The van der Waals surface area contributed by atoms with Crippen LogP contribution in [-0.2, 0) is 24.4 Å². The summed E-state index contributed by atoms with van der Waals surface area (Å²) in [6.07, 6.45) is 0.129. The van der Waals surface area contributed by atoms with Gasteiger partial charge in [-0.2, -0.15) is 0 Å². The van der Waals surface area contributed by atoms with E-state index in [0.29, 0.717) is 6.61 Å². The summed E-state index contributed by atoms with van der Waals surface area (Å²) in [7, 11) is 0. The van der Waals surface area contributed by atoms with Crippen LogP contribution in [0.4, 0.5) is 0 Å². The normalized spacial score (nSPS) is 17.0. The van der Waals surface area contributed by atoms with Crippen molar-refractivity contribution in [3.63, 3.8) is 0 Å². The molecule has 0 saturated carbocycles. The molecular formula is C18H20N4OS. The van der Waals surface area contributed by atoms with Crippen molar-refractivity contribution >= 4 is 11.3 Å². The van der Waals surface area contributed by atoms with Gasteiger partial charge in [0.2, 0.25) is 0 Å². The van der Waals surface area contributed by atoms with Gasteiger partial charge in [0.25, 0.3) is 0 Å². The fourth-order valence-corrected chi connectivity index (χ4v) is 3.80. The molecule has 0 bridgehead atoms. The van der Waals surface area contributed by atoms with Gasteiger partial charge in [0.1, 0.15) is 5.69 Å². The first-order valence-corrected chi connectivity index (χ1v) is 8.96. The number of nitrogens with one attached hydrogen (secondary N) is 1. The van der Waals surface area contributed by atoms with Gasteiger partial charge in [0, 0.05) is 28.4 Å². The summed E-state index contributed by atoms with van der Waals surface area (Å²) in [5.74, 6) is 0. The summed E-state index contributed by atoms with van der Waals surface area (Å²) in [5, 5.41) is 12.1. The Labute approximate surface area is 145 Å². The molecule has 0 aliphatic carbocycles. The smallest absolute Gasteiger partial charge is 0.118 e. The Morgan fingerprint density at radius 2 is 2.12 bits per heavy atom. The number of fused-ring (bicyclic) bond motifs is 1. The maximum Gasteiger partial charge on any atom is 0.118 e. The molecule has 0 radical (unpaired) electrons. The van der Waals surface area contributed by atoms with Crippen LogP contribution in [0.25, 0.3) is 11.3 Å². The second-order valence-electron chi connectivity index (χ2n) is 6.01. The van der Waals surface area contributed by atoms with Crippen LogP contribution in [0.5, 0.6) is 0 Å². The van der Waals surface area contributed by atoms with Crippen LogP contribution in [0.3, 0.4) is 0 Å². The maximum absolute atomic E-state index is 6.01. The average Bonchev–Trinajstić information content (AvgIpc) is 3.21. The first kappa shape index (κ1) is 15.5. The Hall–Kier alpha value is -2.02. The zero-order valence-electron chi connectivity index (χ0n) is 13.6. The van der Waals surface area contributed by atoms with Crippen molar-refractivity contribution in [3.8, 4) is 11.3 Å². The average molecular weight is 340 g/mol. The van der Waals surface area contributed by atoms with Gasteiger partial charge in [-0.1, -0.05) is 35.5 Å². The Bertz CT molecular complexity index is 812. The van der Waals surface area contributed by atoms with Crippen LogP contribution in [0.1, 0.15) is 15.4 Å². The molecule has 1 atom stereocenters. The fraction of sp³-hybridized carbons (Fsp3) is 0.333. The highest BCUT2D eigenvalue weighted by Crippen LogP contribution is 2.24. The molecule has 2 aromatic heterocycles. The maximum atomic E-state index is 6.01. The standard InChI is InChI=1S/C18H20N4OS/c1-13-7-8-16(24-13)10-19-9-15-11-22-17(12-23-15)18(20-21-22)14-5-3-2-4-6-14/h2-8,15,19H,9-12H2,1H3. The highest BCUT2D eigenvalue weighted by atomic mass is 32.1. The molecule has 1 unspecified atom stereocenters. The number of benzene rings is 1. The second-order valence-corrected chi connectivity index (χ2v) is 7.38. The molecule has 3 aromatic rings. The lowest BCUT2D eigenvalue weighted by Crippen LogP contribution is -2.36. The molecule has 0 saturated heterocycles. The summed E-state index contributed by atoms with van der Waals surface area (Å²) in [5.41, 5.74) is 3.08. The molecule has 1 aliphatic rings. The number of thiophene rings is 1. The van der Waals surface area contributed by atoms with Gasteiger partial charge >= 0.3 is 0 Å². The number of hydrogen-bond donors (Lipinski definition) is 1. The first-order chi connectivity index (χ1) is 11.8. The largest absolute Gasteiger partial charge is 0.369 e. The van der Waals surface area contributed by atoms with Crippen LogP contribution in [0.2, 0.25) is 0 Å². The molecule has 124 valence electrons. The van der Waals surface area contributed by atoms with Crippen molar-refractivity contribution in [2.75, 3.05) is 6.54 Å². The molecule has 1 N–H and O–H groups in total. The van der Waals surface area contributed by atoms with Gasteiger partial charge in [0.05, 0.1) is 24.9 Å². The van der Waals surface area contributed by atoms with Crippen molar-refractivity contribution in [2.24, 2.45) is 0 Å². The van der Waals surface area contributed by atoms with Crippen molar-refractivity contribution < 1.29 is 4.74 Å². The molecule has 0 fully saturated rings. The molecule has 1 aromatic carbocycles. The topological polar surface area (TPSA) is 52.0 Å². The minimum Gasteiger partial charge on any atom is -0.369 e. The van der Waals surface area contributed by atoms with Crippen molar-refractivity contribution in [1.29, 1.82) is 0 Å². The molecule has 0 spiro atoms. The van der Waals surface area contributed by atoms with E-state index in [9.17, 15) is 0 Å². The van der Waals surface area contributed by atoms with E-state index in [4.69, 9.17) is 4.74 Å². The number of aromatic nitrogens is 3. The lowest BCUT2D eigenvalue weighted by molar-refractivity contribution is 0.00128. The van der Waals surface area contributed by atoms with E-state index in [1.54, 1.807) is 0 Å². The van der Waals surface area contributed by atoms with Gasteiger partial charge in [-0.05, 0) is 19.1 Å². The summed E-state index contributed by atoms with van der Waals surface area (Å²) in [6, 6.07) is 14.5. The fourth-order valence-electron chi connectivity index (χ4n) is 2.94. The predicted octanol–water partition coefficient (Wildman–Crippen LogP) is 3.00. The predicted molar refractivity (Wildman–Crippen MR) is 94.8 cm³/mol. The minimum atomic E-state index is 0.129. The number of nitrogens with zero attached hydrogens (tertiary/aromatic N) is 3. The van der Waals surface area contributed by atoms with Crippen LogP contribution in [0, 0.1) is 6.92 Å². The quantitative estimate of drug-likeness (QED) is 0.776. The van der Waals surface area contributed by atoms with Gasteiger partial charge < -0.3 is 10.1 Å². The van der Waals surface area contributed by atoms with E-state index in [1.807, 2.05) is 34.2 Å². The zero-order valence-corrected chi connectivity index (χ0v) is 14.4. The van der Waals surface area contributed by atoms with Crippen molar-refractivity contribution in [1.82, 2.24) is 20.3 Å². The molecule has 5 nitrogen and oxygen atoms in total. The zero-order chi connectivity index (χ0) is 16.4. The number of hydrogen-bond acceptors (Lipinski definition) is 5. The van der Waals surface area contributed by atoms with Gasteiger partial charge in [-0.15, -0.1) is 16.4 Å². The third-order valence-electron chi connectivity index (χ3n) is 4.18.